The first-order valence-corrected chi connectivity index (χ1v) is 9.51. The van der Waals surface area contributed by atoms with Crippen molar-refractivity contribution < 1.29 is 9.85 Å². The van der Waals surface area contributed by atoms with E-state index >= 15 is 0 Å². The van der Waals surface area contributed by atoms with Crippen molar-refractivity contribution in [3.63, 3.8) is 0 Å². The third-order valence-electron chi connectivity index (χ3n) is 3.30. The second-order valence-electron chi connectivity index (χ2n) is 4.83. The van der Waals surface area contributed by atoms with Crippen molar-refractivity contribution in [3.05, 3.63) is 91.2 Å². The normalized spacial score (nSPS) is 16.5. The third kappa shape index (κ3) is 3.50. The predicted molar refractivity (Wildman–Crippen MR) is 96.5 cm³/mol. The molecule has 0 saturated heterocycles. The summed E-state index contributed by atoms with van der Waals surface area (Å²) in [7, 11) is 1.22. The number of hydrogen-bond acceptors (Lipinski definition) is 5. The Labute approximate surface area is 143 Å². The van der Waals surface area contributed by atoms with Crippen LogP contribution in [0.2, 0.25) is 0 Å². The molecule has 0 aromatic heterocycles. The number of nitro benzene ring substituents is 2. The maximum absolute atomic E-state index is 10.9. The van der Waals surface area contributed by atoms with Gasteiger partial charge < -0.3 is 0 Å². The Morgan fingerprint density at radius 1 is 0.917 bits per heavy atom. The summed E-state index contributed by atoms with van der Waals surface area (Å²) in [6, 6.07) is 13.0. The molecule has 0 spiro atoms. The monoisotopic (exact) mass is 359 g/mol. The molecule has 0 amide bonds. The van der Waals surface area contributed by atoms with Crippen LogP contribution in [-0.2, 0) is 9.93 Å². The lowest BCUT2D eigenvalue weighted by atomic mass is 10.1. The fourth-order valence-electron chi connectivity index (χ4n) is 2.13. The number of non-ortho nitro benzene ring substituents is 2. The number of nitrogens with zero attached hydrogens (tertiary/aromatic N) is 2. The third-order valence-corrected chi connectivity index (χ3v) is 6.78. The highest BCUT2D eigenvalue weighted by Gasteiger charge is 2.26. The van der Waals surface area contributed by atoms with Crippen molar-refractivity contribution in [2.75, 3.05) is 0 Å². The highest BCUT2D eigenvalue weighted by molar-refractivity contribution is 8.76. The average Bonchev–Trinajstić information content (AvgIpc) is 2.62. The first-order valence-electron chi connectivity index (χ1n) is 6.82. The molecule has 1 aliphatic heterocycles. The van der Waals surface area contributed by atoms with Crippen LogP contribution in [-0.4, -0.2) is 9.85 Å². The van der Waals surface area contributed by atoms with Gasteiger partial charge in [-0.15, -0.1) is 0 Å². The van der Waals surface area contributed by atoms with Crippen molar-refractivity contribution in [3.8, 4) is 0 Å². The van der Waals surface area contributed by atoms with Crippen LogP contribution in [0.4, 0.5) is 11.4 Å². The SMILES string of the molecule is O=[N+]([O-])c1cccc(C2=CS[S+](c3cccc([N+](=O)[O-])c3)C=C2)c1. The minimum absolute atomic E-state index is 0.0510. The molecule has 8 heteroatoms. The molecule has 1 aliphatic rings. The summed E-state index contributed by atoms with van der Waals surface area (Å²) in [6.07, 6.45) is 1.90. The highest BCUT2D eigenvalue weighted by atomic mass is 33.1. The number of hydrogen-bond donors (Lipinski definition) is 0. The van der Waals surface area contributed by atoms with Gasteiger partial charge in [-0.25, -0.2) is 0 Å². The zero-order valence-corrected chi connectivity index (χ0v) is 13.8. The minimum Gasteiger partial charge on any atom is -0.258 e. The smallest absolute Gasteiger partial charge is 0.258 e. The van der Waals surface area contributed by atoms with Crippen molar-refractivity contribution in [1.29, 1.82) is 0 Å². The highest BCUT2D eigenvalue weighted by Crippen LogP contribution is 2.37. The lowest BCUT2D eigenvalue weighted by Crippen LogP contribution is -1.98. The standard InChI is InChI=1S/C16H11N2O4S2/c19-17(20)14-4-1-3-12(9-14)13-7-8-24(23-11-13)16-6-2-5-15(10-16)18(21)22/h1-11H/q+1. The molecule has 1 atom stereocenters. The quantitative estimate of drug-likeness (QED) is 0.342. The largest absolute Gasteiger partial charge is 0.274 e. The average molecular weight is 359 g/mol. The van der Waals surface area contributed by atoms with Gasteiger partial charge in [0.1, 0.15) is 26.1 Å². The van der Waals surface area contributed by atoms with E-state index in [-0.39, 0.29) is 21.3 Å². The van der Waals surface area contributed by atoms with E-state index < -0.39 is 9.85 Å². The molecule has 1 heterocycles. The van der Waals surface area contributed by atoms with Gasteiger partial charge in [-0.3, -0.25) is 20.2 Å². The van der Waals surface area contributed by atoms with Crippen molar-refractivity contribution in [2.45, 2.75) is 4.90 Å². The van der Waals surface area contributed by atoms with E-state index in [4.69, 9.17) is 0 Å². The molecule has 0 fully saturated rings. The van der Waals surface area contributed by atoms with Gasteiger partial charge in [0, 0.05) is 23.6 Å². The summed E-state index contributed by atoms with van der Waals surface area (Å²) >= 11 is 0. The molecule has 0 aliphatic carbocycles. The van der Waals surface area contributed by atoms with Crippen LogP contribution in [0, 0.1) is 20.2 Å². The van der Waals surface area contributed by atoms with Gasteiger partial charge in [-0.1, -0.05) is 18.2 Å². The van der Waals surface area contributed by atoms with E-state index in [2.05, 4.69) is 0 Å². The Morgan fingerprint density at radius 2 is 1.58 bits per heavy atom. The predicted octanol–water partition coefficient (Wildman–Crippen LogP) is 4.70. The van der Waals surface area contributed by atoms with Gasteiger partial charge in [-0.05, 0) is 23.3 Å². The van der Waals surface area contributed by atoms with Crippen molar-refractivity contribution >= 4 is 37.7 Å². The van der Waals surface area contributed by atoms with E-state index in [1.165, 1.54) is 18.2 Å². The van der Waals surface area contributed by atoms with Crippen LogP contribution in [0.15, 0.2) is 70.3 Å². The Kier molecular flexibility index (Phi) is 4.68. The van der Waals surface area contributed by atoms with Crippen molar-refractivity contribution in [2.24, 2.45) is 0 Å². The molecule has 2 aromatic carbocycles. The summed E-state index contributed by atoms with van der Waals surface area (Å²) in [4.78, 5) is 21.8. The maximum atomic E-state index is 10.9. The summed E-state index contributed by atoms with van der Waals surface area (Å²) in [5.41, 5.74) is 1.78. The van der Waals surface area contributed by atoms with E-state index in [1.807, 2.05) is 29.0 Å². The molecule has 0 N–H and O–H groups in total. The van der Waals surface area contributed by atoms with E-state index in [1.54, 1.807) is 29.0 Å². The zero-order chi connectivity index (χ0) is 17.1. The molecule has 3 rings (SSSR count). The van der Waals surface area contributed by atoms with Crippen LogP contribution in [0.25, 0.3) is 5.57 Å². The molecule has 1 unspecified atom stereocenters. The summed E-state index contributed by atoms with van der Waals surface area (Å²) < 4.78 is 0. The second kappa shape index (κ2) is 6.90. The Bertz CT molecular complexity index is 880. The molecule has 24 heavy (non-hydrogen) atoms. The van der Waals surface area contributed by atoms with E-state index in [0.717, 1.165) is 16.0 Å². The Balaban J connectivity index is 1.81. The van der Waals surface area contributed by atoms with Gasteiger partial charge >= 0.3 is 0 Å². The van der Waals surface area contributed by atoms with Gasteiger partial charge in [0.15, 0.2) is 4.90 Å². The first-order chi connectivity index (χ1) is 11.5. The Morgan fingerprint density at radius 3 is 2.21 bits per heavy atom. The molecule has 0 saturated carbocycles. The van der Waals surface area contributed by atoms with E-state index in [0.29, 0.717) is 0 Å². The van der Waals surface area contributed by atoms with Crippen LogP contribution in [0.1, 0.15) is 5.56 Å². The number of nitro groups is 2. The molecular formula is C16H11N2O4S2+. The van der Waals surface area contributed by atoms with Gasteiger partial charge in [0.25, 0.3) is 11.4 Å². The van der Waals surface area contributed by atoms with Crippen molar-refractivity contribution in [1.82, 2.24) is 0 Å². The lowest BCUT2D eigenvalue weighted by Gasteiger charge is -2.07. The van der Waals surface area contributed by atoms with Gasteiger partial charge in [-0.2, -0.15) is 0 Å². The lowest BCUT2D eigenvalue weighted by molar-refractivity contribution is -0.385. The summed E-state index contributed by atoms with van der Waals surface area (Å²) in [5.74, 6) is 0. The number of allylic oxidation sites excluding steroid dienone is 2. The molecule has 0 radical (unpaired) electrons. The fourth-order valence-corrected chi connectivity index (χ4v) is 5.23. The molecule has 6 nitrogen and oxygen atoms in total. The summed E-state index contributed by atoms with van der Waals surface area (Å²) in [6.45, 7) is 0. The van der Waals surface area contributed by atoms with Crippen LogP contribution >= 0.6 is 10.8 Å². The van der Waals surface area contributed by atoms with Gasteiger partial charge in [0.2, 0.25) is 0 Å². The number of benzene rings is 2. The number of rotatable bonds is 4. The minimum atomic E-state index is -0.419. The summed E-state index contributed by atoms with van der Waals surface area (Å²) in [5, 5.41) is 25.6. The zero-order valence-electron chi connectivity index (χ0n) is 12.2. The van der Waals surface area contributed by atoms with Gasteiger partial charge in [0.05, 0.1) is 15.9 Å². The van der Waals surface area contributed by atoms with E-state index in [9.17, 15) is 20.2 Å². The van der Waals surface area contributed by atoms with Crippen LogP contribution < -0.4 is 0 Å². The topological polar surface area (TPSA) is 86.3 Å². The van der Waals surface area contributed by atoms with Crippen LogP contribution in [0.5, 0.6) is 0 Å². The first kappa shape index (κ1) is 16.3. The van der Waals surface area contributed by atoms with Crippen LogP contribution in [0.3, 0.4) is 0 Å². The Hall–Kier alpha value is -2.58. The second-order valence-corrected chi connectivity index (χ2v) is 8.25. The molecule has 0 bridgehead atoms. The fraction of sp³-hybridized carbons (Fsp3) is 0. The molecule has 120 valence electrons. The molecular weight excluding hydrogens is 348 g/mol. The molecule has 2 aromatic rings. The maximum Gasteiger partial charge on any atom is 0.274 e.